The number of halogens is 4. The minimum Gasteiger partial charge on any atom is -0.471 e. The van der Waals surface area contributed by atoms with Gasteiger partial charge in [-0.3, -0.25) is 23.9 Å². The number of ether oxygens (including phenoxy) is 2. The first-order chi connectivity index (χ1) is 28.6. The number of fused-ring (bicyclic) bond motifs is 7. The average Bonchev–Trinajstić information content (AvgIpc) is 4.14. The summed E-state index contributed by atoms with van der Waals surface area (Å²) in [6.07, 6.45) is -4.06. The minimum atomic E-state index is -4.27. The summed E-state index contributed by atoms with van der Waals surface area (Å²) in [7, 11) is -4.27. The van der Waals surface area contributed by atoms with E-state index in [2.05, 4.69) is 9.97 Å². The van der Waals surface area contributed by atoms with Crippen LogP contribution in [-0.2, 0) is 39.9 Å². The van der Waals surface area contributed by atoms with E-state index in [-0.39, 0.29) is 61.2 Å². The molecule has 1 saturated heterocycles. The van der Waals surface area contributed by atoms with Crippen LogP contribution in [0.15, 0.2) is 18.2 Å². The molecule has 2 aromatic rings. The highest BCUT2D eigenvalue weighted by atomic mass is 32.2. The van der Waals surface area contributed by atoms with E-state index in [1.807, 2.05) is 10.8 Å². The number of amides is 2. The fourth-order valence-corrected chi connectivity index (χ4v) is 11.3. The molecule has 1 aromatic carbocycles. The Hall–Kier alpha value is -4.40. The molecular formula is C43H51F4N5O8S. The molecule has 4 aliphatic carbocycles. The molecule has 8 rings (SSSR count). The van der Waals surface area contributed by atoms with E-state index in [0.717, 1.165) is 11.3 Å². The number of benzene rings is 1. The summed E-state index contributed by atoms with van der Waals surface area (Å²) in [5, 5.41) is 9.54. The maximum absolute atomic E-state index is 16.4. The number of alkyl halides is 4. The Balaban J connectivity index is 1.16. The van der Waals surface area contributed by atoms with Crippen molar-refractivity contribution < 1.29 is 54.6 Å². The number of sulfonamides is 1. The van der Waals surface area contributed by atoms with Crippen molar-refractivity contribution >= 4 is 44.6 Å². The van der Waals surface area contributed by atoms with E-state index in [4.69, 9.17) is 9.47 Å². The number of esters is 1. The van der Waals surface area contributed by atoms with E-state index in [1.165, 1.54) is 25.1 Å². The zero-order valence-electron chi connectivity index (χ0n) is 34.6. The van der Waals surface area contributed by atoms with Crippen molar-refractivity contribution in [2.45, 2.75) is 140 Å². The van der Waals surface area contributed by atoms with Crippen LogP contribution in [0.1, 0.15) is 116 Å². The van der Waals surface area contributed by atoms with Crippen LogP contribution in [0.4, 0.5) is 17.6 Å². The molecule has 9 atom stereocenters. The molecular weight excluding hydrogens is 823 g/mol. The van der Waals surface area contributed by atoms with Gasteiger partial charge in [-0.15, -0.1) is 0 Å². The summed E-state index contributed by atoms with van der Waals surface area (Å²) in [4.78, 5) is 66.6. The number of aromatic nitrogens is 2. The van der Waals surface area contributed by atoms with Gasteiger partial charge in [0, 0.05) is 25.2 Å². The molecule has 330 valence electrons. The first-order valence-corrected chi connectivity index (χ1v) is 22.7. The zero-order valence-corrected chi connectivity index (χ0v) is 35.4. The summed E-state index contributed by atoms with van der Waals surface area (Å²) in [5.41, 5.74) is -3.38. The molecule has 61 heavy (non-hydrogen) atoms. The van der Waals surface area contributed by atoms with Crippen LogP contribution in [-0.4, -0.2) is 82.8 Å². The van der Waals surface area contributed by atoms with Crippen LogP contribution in [0.2, 0.25) is 0 Å². The number of hydrogen-bond acceptors (Lipinski definition) is 11. The summed E-state index contributed by atoms with van der Waals surface area (Å²) in [6.45, 7) is 6.28. The van der Waals surface area contributed by atoms with Crippen molar-refractivity contribution in [1.82, 2.24) is 19.6 Å². The molecule has 4 saturated carbocycles. The van der Waals surface area contributed by atoms with Gasteiger partial charge in [0.05, 0.1) is 57.8 Å². The van der Waals surface area contributed by atoms with E-state index in [0.29, 0.717) is 31.1 Å². The van der Waals surface area contributed by atoms with Gasteiger partial charge in [-0.2, -0.15) is 14.0 Å². The maximum Gasteiger partial charge on any atom is 0.306 e. The molecule has 3 heterocycles. The summed E-state index contributed by atoms with van der Waals surface area (Å²) in [5.74, 6) is -9.51. The van der Waals surface area contributed by atoms with Gasteiger partial charge in [0.15, 0.2) is 11.5 Å². The lowest BCUT2D eigenvalue weighted by Gasteiger charge is -2.35. The second-order valence-corrected chi connectivity index (χ2v) is 21.9. The molecule has 2 amide bonds. The summed E-state index contributed by atoms with van der Waals surface area (Å²) in [6, 6.07) is 4.73. The summed E-state index contributed by atoms with van der Waals surface area (Å²) >= 11 is 0. The average molecular weight is 874 g/mol. The SMILES string of the molecule is CC(C)(C)[C@@H]1CC(=O)O[C@@H]2C[C@@H]3C[C@@H]3[C@H]2CCCCC(F)(F)c2nc3ccc(C#N)cc3nc2O[C@@H]2C[C@@H](C(=O)C[C@]3(C(=O)NS(=O)(=O)C4(C)CC4)C[C@H]3C(F)F)N(C2)C1=O. The molecule has 13 nitrogen and oxygen atoms in total. The molecule has 2 aliphatic heterocycles. The van der Waals surface area contributed by atoms with Crippen LogP contribution < -0.4 is 9.46 Å². The molecule has 18 heteroatoms. The van der Waals surface area contributed by atoms with Gasteiger partial charge in [0.1, 0.15) is 12.2 Å². The van der Waals surface area contributed by atoms with E-state index in [1.54, 1.807) is 20.8 Å². The normalized spacial score (nSPS) is 33.2. The number of ketones is 1. The number of hydrogen-bond donors (Lipinski definition) is 1. The molecule has 2 bridgehead atoms. The Labute approximate surface area is 351 Å². The van der Waals surface area contributed by atoms with Gasteiger partial charge in [0.25, 0.3) is 5.92 Å². The lowest BCUT2D eigenvalue weighted by Crippen LogP contribution is -2.49. The lowest BCUT2D eigenvalue weighted by molar-refractivity contribution is -0.158. The highest BCUT2D eigenvalue weighted by Gasteiger charge is 2.67. The molecule has 5 fully saturated rings. The first kappa shape index (κ1) is 43.3. The quantitative estimate of drug-likeness (QED) is 0.241. The van der Waals surface area contributed by atoms with E-state index in [9.17, 15) is 41.6 Å². The van der Waals surface area contributed by atoms with Crippen molar-refractivity contribution in [2.24, 2.45) is 40.4 Å². The number of carbonyl (C=O) groups is 4. The molecule has 0 radical (unpaired) electrons. The lowest BCUT2D eigenvalue weighted by atomic mass is 9.77. The Kier molecular flexibility index (Phi) is 10.7. The Bertz CT molecular complexity index is 2310. The van der Waals surface area contributed by atoms with Gasteiger partial charge in [0.2, 0.25) is 34.1 Å². The number of Topliss-reactive ketones (excluding diaryl/α,β-unsaturated/α-hetero) is 1. The highest BCUT2D eigenvalue weighted by Crippen LogP contribution is 2.60. The molecule has 0 spiro atoms. The van der Waals surface area contributed by atoms with Gasteiger partial charge < -0.3 is 14.4 Å². The second-order valence-electron chi connectivity index (χ2n) is 19.7. The van der Waals surface area contributed by atoms with Crippen molar-refractivity contribution in [2.75, 3.05) is 6.54 Å². The van der Waals surface area contributed by atoms with Gasteiger partial charge in [-0.1, -0.05) is 27.2 Å². The van der Waals surface area contributed by atoms with Gasteiger partial charge >= 0.3 is 5.97 Å². The van der Waals surface area contributed by atoms with Gasteiger partial charge in [-0.25, -0.2) is 27.2 Å². The second kappa shape index (κ2) is 15.1. The zero-order chi connectivity index (χ0) is 44.0. The number of nitrogens with one attached hydrogen (secondary N) is 1. The minimum absolute atomic E-state index is 0.0218. The topological polar surface area (TPSA) is 186 Å². The third kappa shape index (κ3) is 8.20. The fourth-order valence-electron chi connectivity index (χ4n) is 9.99. The number of nitriles is 1. The number of nitrogens with zero attached hydrogens (tertiary/aromatic N) is 4. The first-order valence-electron chi connectivity index (χ1n) is 21.2. The fraction of sp³-hybridized carbons (Fsp3) is 0.698. The molecule has 6 aliphatic rings. The smallest absolute Gasteiger partial charge is 0.306 e. The highest BCUT2D eigenvalue weighted by molar-refractivity contribution is 7.91. The molecule has 1 N–H and O–H groups in total. The predicted octanol–water partition coefficient (Wildman–Crippen LogP) is 6.36. The van der Waals surface area contributed by atoms with E-state index < -0.39 is 122 Å². The Morgan fingerprint density at radius 3 is 2.43 bits per heavy atom. The third-order valence-electron chi connectivity index (χ3n) is 14.3. The van der Waals surface area contributed by atoms with Crippen LogP contribution in [0.25, 0.3) is 11.0 Å². The third-order valence-corrected chi connectivity index (χ3v) is 16.5. The number of rotatable bonds is 7. The van der Waals surface area contributed by atoms with E-state index >= 15 is 8.78 Å². The Morgan fingerprint density at radius 1 is 1.03 bits per heavy atom. The van der Waals surface area contributed by atoms with Crippen molar-refractivity contribution in [3.05, 3.63) is 29.5 Å². The molecule has 0 unspecified atom stereocenters. The van der Waals surface area contributed by atoms with Crippen LogP contribution >= 0.6 is 0 Å². The van der Waals surface area contributed by atoms with Crippen LogP contribution in [0, 0.1) is 51.8 Å². The van der Waals surface area contributed by atoms with Crippen molar-refractivity contribution in [3.8, 4) is 11.9 Å². The van der Waals surface area contributed by atoms with Crippen molar-refractivity contribution in [1.29, 1.82) is 5.26 Å². The largest absolute Gasteiger partial charge is 0.471 e. The Morgan fingerprint density at radius 2 is 1.77 bits per heavy atom. The standard InChI is InChI=1S/C43H51F4N5O8S/c1-40(2,3)27-17-34(54)60-33-15-23-14-26(23)25(33)7-5-6-10-43(46,47)35-37(50-30-13-22(20-48)8-9-29(30)49-35)59-24-16-31(52(21-24)38(27)55)32(53)19-42(18-28(42)36(44)45)39(56)51-61(57,58)41(4)11-12-41/h8-9,13,23-28,31,33,36H,5-7,10-12,14-19,21H2,1-4H3,(H,51,56)/t23-,24+,25+,26-,27+,28-,31-,33+,42+/m0/s1. The maximum atomic E-state index is 16.4. The number of carbonyl (C=O) groups excluding carboxylic acids is 4. The van der Waals surface area contributed by atoms with Crippen LogP contribution in [0.3, 0.4) is 0 Å². The predicted molar refractivity (Wildman–Crippen MR) is 209 cm³/mol. The summed E-state index contributed by atoms with van der Waals surface area (Å²) < 4.78 is 101. The van der Waals surface area contributed by atoms with Crippen molar-refractivity contribution in [3.63, 3.8) is 0 Å². The molecule has 1 aromatic heterocycles. The van der Waals surface area contributed by atoms with Crippen LogP contribution in [0.5, 0.6) is 5.88 Å². The monoisotopic (exact) mass is 873 g/mol. The van der Waals surface area contributed by atoms with Gasteiger partial charge in [-0.05, 0) is 93.2 Å².